The molecular weight excluding hydrogens is 232 g/mol. The summed E-state index contributed by atoms with van der Waals surface area (Å²) >= 11 is 0. The molecular formula is C12H14N4O2. The number of nitrogens with one attached hydrogen (secondary N) is 1. The molecule has 1 aromatic rings. The lowest BCUT2D eigenvalue weighted by atomic mass is 10.1. The second kappa shape index (κ2) is 5.27. The Balaban J connectivity index is 3.08. The van der Waals surface area contributed by atoms with Gasteiger partial charge in [-0.15, -0.1) is 4.91 Å². The smallest absolute Gasteiger partial charge is 0.251 e. The van der Waals surface area contributed by atoms with Crippen molar-refractivity contribution >= 4 is 11.6 Å². The molecule has 0 radical (unpaired) electrons. The van der Waals surface area contributed by atoms with Crippen molar-refractivity contribution in [3.63, 3.8) is 0 Å². The number of carbonyl (C=O) groups excluding carboxylic acids is 1. The molecule has 0 saturated heterocycles. The number of hydrogen-bond donors (Lipinski definition) is 1. The number of rotatable bonds is 4. The summed E-state index contributed by atoms with van der Waals surface area (Å²) in [5.41, 5.74) is -0.109. The zero-order valence-electron chi connectivity index (χ0n) is 10.5. The van der Waals surface area contributed by atoms with Crippen LogP contribution in [0.1, 0.15) is 24.2 Å². The van der Waals surface area contributed by atoms with Crippen LogP contribution in [0.25, 0.3) is 0 Å². The van der Waals surface area contributed by atoms with Gasteiger partial charge in [-0.2, -0.15) is 5.26 Å². The predicted molar refractivity (Wildman–Crippen MR) is 67.8 cm³/mol. The lowest BCUT2D eigenvalue weighted by Gasteiger charge is -2.26. The molecule has 1 amide bonds. The van der Waals surface area contributed by atoms with Crippen molar-refractivity contribution in [1.29, 1.82) is 5.26 Å². The third-order valence-electron chi connectivity index (χ3n) is 2.49. The van der Waals surface area contributed by atoms with Crippen molar-refractivity contribution in [2.75, 3.05) is 12.1 Å². The van der Waals surface area contributed by atoms with E-state index in [2.05, 4.69) is 10.6 Å². The lowest BCUT2D eigenvalue weighted by molar-refractivity contribution is 0.0963. The normalized spacial score (nSPS) is 10.3. The summed E-state index contributed by atoms with van der Waals surface area (Å²) in [6, 6.07) is 8.28. The van der Waals surface area contributed by atoms with Crippen LogP contribution >= 0.6 is 0 Å². The average molecular weight is 246 g/mol. The number of hydrogen-bond acceptors (Lipinski definition) is 4. The molecule has 0 bridgehead atoms. The molecule has 94 valence electrons. The topological polar surface area (TPSA) is 85.6 Å². The quantitative estimate of drug-likeness (QED) is 0.648. The van der Waals surface area contributed by atoms with Gasteiger partial charge in [-0.25, -0.2) is 5.01 Å². The molecule has 18 heavy (non-hydrogen) atoms. The summed E-state index contributed by atoms with van der Waals surface area (Å²) < 4.78 is 0. The first-order chi connectivity index (χ1) is 8.46. The van der Waals surface area contributed by atoms with Gasteiger partial charge >= 0.3 is 0 Å². The van der Waals surface area contributed by atoms with Gasteiger partial charge in [-0.1, -0.05) is 0 Å². The van der Waals surface area contributed by atoms with Gasteiger partial charge in [0.25, 0.3) is 5.91 Å². The average Bonchev–Trinajstić information content (AvgIpc) is 2.39. The van der Waals surface area contributed by atoms with E-state index in [0.717, 1.165) is 5.01 Å². The monoisotopic (exact) mass is 246 g/mol. The van der Waals surface area contributed by atoms with E-state index in [1.165, 1.54) is 7.05 Å². The van der Waals surface area contributed by atoms with Gasteiger partial charge in [0, 0.05) is 12.6 Å². The number of benzene rings is 1. The third-order valence-corrected chi connectivity index (χ3v) is 2.49. The second-order valence-corrected chi connectivity index (χ2v) is 4.19. The SMILES string of the molecule is CNC(=O)c1ccc(N(N=O)C(C)(C)C#N)cc1. The summed E-state index contributed by atoms with van der Waals surface area (Å²) in [6.45, 7) is 3.17. The Bertz CT molecular complexity index is 488. The van der Waals surface area contributed by atoms with Gasteiger partial charge in [0.1, 0.15) is 5.54 Å². The molecule has 0 aliphatic rings. The Hall–Kier alpha value is -2.42. The first kappa shape index (κ1) is 13.6. The van der Waals surface area contributed by atoms with E-state index in [9.17, 15) is 9.70 Å². The van der Waals surface area contributed by atoms with E-state index >= 15 is 0 Å². The first-order valence-electron chi connectivity index (χ1n) is 5.33. The van der Waals surface area contributed by atoms with E-state index < -0.39 is 5.54 Å². The Morgan fingerprint density at radius 2 is 1.94 bits per heavy atom. The van der Waals surface area contributed by atoms with Crippen molar-refractivity contribution in [1.82, 2.24) is 5.32 Å². The van der Waals surface area contributed by atoms with Crippen molar-refractivity contribution in [3.05, 3.63) is 34.7 Å². The van der Waals surface area contributed by atoms with Crippen LogP contribution in [-0.2, 0) is 0 Å². The Morgan fingerprint density at radius 3 is 2.33 bits per heavy atom. The van der Waals surface area contributed by atoms with Crippen molar-refractivity contribution in [2.45, 2.75) is 19.4 Å². The highest BCUT2D eigenvalue weighted by Gasteiger charge is 2.28. The molecule has 0 heterocycles. The summed E-state index contributed by atoms with van der Waals surface area (Å²) in [4.78, 5) is 22.2. The minimum atomic E-state index is -1.05. The van der Waals surface area contributed by atoms with E-state index in [-0.39, 0.29) is 5.91 Å². The molecule has 6 nitrogen and oxygen atoms in total. The second-order valence-electron chi connectivity index (χ2n) is 4.19. The van der Waals surface area contributed by atoms with Gasteiger partial charge in [0.2, 0.25) is 0 Å². The van der Waals surface area contributed by atoms with Crippen molar-refractivity contribution in [2.24, 2.45) is 5.29 Å². The minimum Gasteiger partial charge on any atom is -0.355 e. The molecule has 0 saturated carbocycles. The highest BCUT2D eigenvalue weighted by Crippen LogP contribution is 2.24. The fourth-order valence-corrected chi connectivity index (χ4v) is 1.42. The van der Waals surface area contributed by atoms with Gasteiger partial charge in [-0.3, -0.25) is 4.79 Å². The van der Waals surface area contributed by atoms with Gasteiger partial charge in [0.05, 0.1) is 17.0 Å². The predicted octanol–water partition coefficient (Wildman–Crippen LogP) is 1.84. The standard InChI is InChI=1S/C12H14N4O2/c1-12(2,8-13)16(15-18)10-6-4-9(5-7-10)11(17)14-3/h4-7H,1-3H3,(H,14,17). The fourth-order valence-electron chi connectivity index (χ4n) is 1.42. The third kappa shape index (κ3) is 2.63. The van der Waals surface area contributed by atoms with E-state index in [1.807, 2.05) is 6.07 Å². The Morgan fingerprint density at radius 1 is 1.39 bits per heavy atom. The van der Waals surface area contributed by atoms with Crippen LogP contribution in [0.15, 0.2) is 29.6 Å². The van der Waals surface area contributed by atoms with Crippen molar-refractivity contribution < 1.29 is 4.79 Å². The van der Waals surface area contributed by atoms with Crippen LogP contribution in [-0.4, -0.2) is 18.5 Å². The maximum Gasteiger partial charge on any atom is 0.251 e. The maximum absolute atomic E-state index is 11.4. The Labute approximate surface area is 105 Å². The highest BCUT2D eigenvalue weighted by molar-refractivity contribution is 5.94. The maximum atomic E-state index is 11.4. The molecule has 0 fully saturated rings. The van der Waals surface area contributed by atoms with Crippen LogP contribution in [0.5, 0.6) is 0 Å². The molecule has 0 aliphatic carbocycles. The van der Waals surface area contributed by atoms with Crippen LogP contribution in [0.3, 0.4) is 0 Å². The van der Waals surface area contributed by atoms with E-state index in [4.69, 9.17) is 5.26 Å². The van der Waals surface area contributed by atoms with Gasteiger partial charge < -0.3 is 5.32 Å². The fraction of sp³-hybridized carbons (Fsp3) is 0.333. The van der Waals surface area contributed by atoms with E-state index in [1.54, 1.807) is 38.1 Å². The molecule has 1 rings (SSSR count). The molecule has 0 aromatic heterocycles. The summed E-state index contributed by atoms with van der Waals surface area (Å²) in [5, 5.41) is 15.4. The van der Waals surface area contributed by atoms with Crippen molar-refractivity contribution in [3.8, 4) is 6.07 Å². The number of nitriles is 1. The number of amides is 1. The first-order valence-corrected chi connectivity index (χ1v) is 5.33. The van der Waals surface area contributed by atoms with Crippen LogP contribution < -0.4 is 10.3 Å². The Kier molecular flexibility index (Phi) is 4.00. The summed E-state index contributed by atoms with van der Waals surface area (Å²) in [5.74, 6) is -0.216. The molecule has 6 heteroatoms. The van der Waals surface area contributed by atoms with Gasteiger partial charge in [0.15, 0.2) is 0 Å². The molecule has 1 N–H and O–H groups in total. The van der Waals surface area contributed by atoms with Gasteiger partial charge in [-0.05, 0) is 38.1 Å². The highest BCUT2D eigenvalue weighted by atomic mass is 16.3. The number of anilines is 1. The number of carbonyl (C=O) groups is 1. The van der Waals surface area contributed by atoms with E-state index in [0.29, 0.717) is 11.3 Å². The van der Waals surface area contributed by atoms with Crippen LogP contribution in [0, 0.1) is 16.2 Å². The molecule has 0 unspecified atom stereocenters. The molecule has 0 aliphatic heterocycles. The van der Waals surface area contributed by atoms with Crippen LogP contribution in [0.2, 0.25) is 0 Å². The zero-order valence-corrected chi connectivity index (χ0v) is 10.5. The molecule has 0 atom stereocenters. The van der Waals surface area contributed by atoms with Crippen LogP contribution in [0.4, 0.5) is 5.69 Å². The lowest BCUT2D eigenvalue weighted by Crippen LogP contribution is -2.38. The minimum absolute atomic E-state index is 0.216. The number of nitrogens with zero attached hydrogens (tertiary/aromatic N) is 3. The molecule has 1 aromatic carbocycles. The summed E-state index contributed by atoms with van der Waals surface area (Å²) in [7, 11) is 1.54. The zero-order chi connectivity index (χ0) is 13.8. The summed E-state index contributed by atoms with van der Waals surface area (Å²) in [6.07, 6.45) is 0. The largest absolute Gasteiger partial charge is 0.355 e. The number of nitroso groups, excluding NO2 is 1. The molecule has 0 spiro atoms.